The summed E-state index contributed by atoms with van der Waals surface area (Å²) in [6.07, 6.45) is -0.225. The topological polar surface area (TPSA) is 61.5 Å². The maximum atomic E-state index is 5.50. The van der Waals surface area contributed by atoms with Gasteiger partial charge in [-0.25, -0.2) is 9.50 Å². The van der Waals surface area contributed by atoms with E-state index in [2.05, 4.69) is 15.1 Å². The Bertz CT molecular complexity index is 567. The first-order valence-corrected chi connectivity index (χ1v) is 7.69. The molecule has 0 aliphatic rings. The van der Waals surface area contributed by atoms with E-state index in [4.69, 9.17) is 9.47 Å². The van der Waals surface area contributed by atoms with Crippen molar-refractivity contribution >= 4 is 17.5 Å². The molecule has 0 atom stereocenters. The predicted molar refractivity (Wildman–Crippen MR) is 78.0 cm³/mol. The fourth-order valence-electron chi connectivity index (χ4n) is 1.87. The molecule has 0 saturated carbocycles. The van der Waals surface area contributed by atoms with Crippen LogP contribution in [-0.2, 0) is 9.47 Å². The number of fused-ring (bicyclic) bond motifs is 1. The van der Waals surface area contributed by atoms with Crippen molar-refractivity contribution in [1.29, 1.82) is 0 Å². The number of nitrogens with zero attached hydrogens (tertiary/aromatic N) is 4. The van der Waals surface area contributed by atoms with Gasteiger partial charge in [0.2, 0.25) is 5.16 Å². The molecule has 0 spiro atoms. The highest BCUT2D eigenvalue weighted by Gasteiger charge is 2.13. The molecule has 0 aromatic carbocycles. The number of hydrogen-bond donors (Lipinski definition) is 0. The highest BCUT2D eigenvalue weighted by atomic mass is 32.2. The summed E-state index contributed by atoms with van der Waals surface area (Å²) in [5, 5.41) is 5.13. The van der Waals surface area contributed by atoms with E-state index in [1.807, 2.05) is 33.8 Å². The van der Waals surface area contributed by atoms with Gasteiger partial charge in [-0.15, -0.1) is 5.10 Å². The molecule has 0 fully saturated rings. The van der Waals surface area contributed by atoms with Gasteiger partial charge in [0.1, 0.15) is 0 Å². The van der Waals surface area contributed by atoms with Crippen LogP contribution in [-0.4, -0.2) is 44.8 Å². The highest BCUT2D eigenvalue weighted by molar-refractivity contribution is 7.99. The maximum absolute atomic E-state index is 5.50. The van der Waals surface area contributed by atoms with E-state index in [1.165, 1.54) is 11.8 Å². The van der Waals surface area contributed by atoms with Crippen LogP contribution in [0.2, 0.25) is 0 Å². The summed E-state index contributed by atoms with van der Waals surface area (Å²) in [7, 11) is 0. The van der Waals surface area contributed by atoms with Gasteiger partial charge in [-0.2, -0.15) is 4.98 Å². The monoisotopic (exact) mass is 296 g/mol. The van der Waals surface area contributed by atoms with Crippen LogP contribution < -0.4 is 0 Å². The fourth-order valence-corrected chi connectivity index (χ4v) is 2.63. The second-order valence-corrected chi connectivity index (χ2v) is 5.28. The van der Waals surface area contributed by atoms with Crippen molar-refractivity contribution in [2.24, 2.45) is 0 Å². The van der Waals surface area contributed by atoms with Crippen molar-refractivity contribution in [1.82, 2.24) is 19.6 Å². The minimum absolute atomic E-state index is 0.225. The number of thioether (sulfide) groups is 1. The third-order valence-electron chi connectivity index (χ3n) is 2.65. The van der Waals surface area contributed by atoms with E-state index in [-0.39, 0.29) is 6.29 Å². The lowest BCUT2D eigenvalue weighted by atomic mass is 10.4. The molecule has 0 aliphatic carbocycles. The molecule has 0 amide bonds. The second kappa shape index (κ2) is 7.01. The van der Waals surface area contributed by atoms with Crippen LogP contribution in [0, 0.1) is 13.8 Å². The van der Waals surface area contributed by atoms with Gasteiger partial charge in [-0.1, -0.05) is 11.8 Å². The Hall–Kier alpha value is -1.18. The molecule has 2 aromatic rings. The molecular formula is C13H20N4O2S. The molecule has 0 saturated heterocycles. The zero-order valence-electron chi connectivity index (χ0n) is 12.3. The Morgan fingerprint density at radius 1 is 1.20 bits per heavy atom. The van der Waals surface area contributed by atoms with Crippen LogP contribution in [0.25, 0.3) is 5.78 Å². The second-order valence-electron chi connectivity index (χ2n) is 4.30. The van der Waals surface area contributed by atoms with Crippen molar-refractivity contribution in [3.05, 3.63) is 17.5 Å². The third-order valence-corrected chi connectivity index (χ3v) is 3.52. The molecule has 0 aliphatic heterocycles. The van der Waals surface area contributed by atoms with Gasteiger partial charge < -0.3 is 9.47 Å². The first-order valence-electron chi connectivity index (χ1n) is 6.71. The Kier molecular flexibility index (Phi) is 5.33. The van der Waals surface area contributed by atoms with Crippen LogP contribution in [0.15, 0.2) is 11.2 Å². The lowest BCUT2D eigenvalue weighted by molar-refractivity contribution is -0.120. The normalized spacial score (nSPS) is 11.7. The predicted octanol–water partition coefficient (Wildman–Crippen LogP) is 2.23. The third kappa shape index (κ3) is 3.68. The Labute approximate surface area is 122 Å². The summed E-state index contributed by atoms with van der Waals surface area (Å²) in [4.78, 5) is 8.79. The van der Waals surface area contributed by atoms with Crippen molar-refractivity contribution in [3.8, 4) is 0 Å². The lowest BCUT2D eigenvalue weighted by Gasteiger charge is -2.15. The lowest BCUT2D eigenvalue weighted by Crippen LogP contribution is -2.20. The van der Waals surface area contributed by atoms with E-state index < -0.39 is 0 Å². The summed E-state index contributed by atoms with van der Waals surface area (Å²) >= 11 is 1.52. The largest absolute Gasteiger partial charge is 0.352 e. The van der Waals surface area contributed by atoms with Crippen molar-refractivity contribution in [2.75, 3.05) is 19.0 Å². The van der Waals surface area contributed by atoms with Crippen LogP contribution >= 0.6 is 11.8 Å². The quantitative estimate of drug-likeness (QED) is 0.577. The number of hydrogen-bond acceptors (Lipinski definition) is 6. The van der Waals surface area contributed by atoms with Gasteiger partial charge in [0.15, 0.2) is 6.29 Å². The van der Waals surface area contributed by atoms with Gasteiger partial charge in [0, 0.05) is 24.6 Å². The molecule has 20 heavy (non-hydrogen) atoms. The minimum atomic E-state index is -0.225. The minimum Gasteiger partial charge on any atom is -0.352 e. The Morgan fingerprint density at radius 2 is 1.90 bits per heavy atom. The molecule has 0 radical (unpaired) electrons. The number of ether oxygens (including phenoxy) is 2. The average molecular weight is 296 g/mol. The molecule has 0 bridgehead atoms. The molecule has 110 valence electrons. The Morgan fingerprint density at radius 3 is 2.55 bits per heavy atom. The first-order chi connectivity index (χ1) is 9.63. The van der Waals surface area contributed by atoms with E-state index in [0.29, 0.717) is 29.9 Å². The van der Waals surface area contributed by atoms with Crippen LogP contribution in [0.4, 0.5) is 0 Å². The average Bonchev–Trinajstić information content (AvgIpc) is 2.79. The van der Waals surface area contributed by atoms with Crippen molar-refractivity contribution in [2.45, 2.75) is 39.1 Å². The zero-order valence-corrected chi connectivity index (χ0v) is 13.1. The SMILES string of the molecule is CCOC(CSc1nc2nc(C)cc(C)n2n1)OCC. The van der Waals surface area contributed by atoms with Gasteiger partial charge in [0.25, 0.3) is 5.78 Å². The highest BCUT2D eigenvalue weighted by Crippen LogP contribution is 2.17. The summed E-state index contributed by atoms with van der Waals surface area (Å²) in [5.74, 6) is 1.30. The van der Waals surface area contributed by atoms with Crippen LogP contribution in [0.5, 0.6) is 0 Å². The van der Waals surface area contributed by atoms with Crippen LogP contribution in [0.3, 0.4) is 0 Å². The van der Waals surface area contributed by atoms with Gasteiger partial charge in [0.05, 0.1) is 5.75 Å². The van der Waals surface area contributed by atoms with E-state index in [1.54, 1.807) is 4.52 Å². The van der Waals surface area contributed by atoms with E-state index in [0.717, 1.165) is 11.4 Å². The Balaban J connectivity index is 2.08. The molecule has 0 unspecified atom stereocenters. The molecule has 2 aromatic heterocycles. The molecule has 2 rings (SSSR count). The van der Waals surface area contributed by atoms with E-state index in [9.17, 15) is 0 Å². The molecule has 6 nitrogen and oxygen atoms in total. The zero-order chi connectivity index (χ0) is 14.5. The smallest absolute Gasteiger partial charge is 0.253 e. The first kappa shape index (κ1) is 15.2. The summed E-state index contributed by atoms with van der Waals surface area (Å²) in [6, 6.07) is 1.99. The van der Waals surface area contributed by atoms with Crippen LogP contribution in [0.1, 0.15) is 25.2 Å². The number of aromatic nitrogens is 4. The van der Waals surface area contributed by atoms with Crippen molar-refractivity contribution in [3.63, 3.8) is 0 Å². The van der Waals surface area contributed by atoms with Gasteiger partial charge >= 0.3 is 0 Å². The molecule has 7 heteroatoms. The molecule has 0 N–H and O–H groups in total. The van der Waals surface area contributed by atoms with E-state index >= 15 is 0 Å². The maximum Gasteiger partial charge on any atom is 0.253 e. The molecule has 2 heterocycles. The van der Waals surface area contributed by atoms with Gasteiger partial charge in [-0.05, 0) is 33.8 Å². The summed E-state index contributed by atoms with van der Waals surface area (Å²) in [5.41, 5.74) is 1.97. The number of rotatable bonds is 7. The summed E-state index contributed by atoms with van der Waals surface area (Å²) in [6.45, 7) is 9.11. The summed E-state index contributed by atoms with van der Waals surface area (Å²) < 4.78 is 12.8. The number of aryl methyl sites for hydroxylation is 2. The fraction of sp³-hybridized carbons (Fsp3) is 0.615. The molecular weight excluding hydrogens is 276 g/mol. The van der Waals surface area contributed by atoms with Gasteiger partial charge in [-0.3, -0.25) is 0 Å². The standard InChI is InChI=1S/C13H20N4O2S/c1-5-18-11(19-6-2)8-20-13-15-12-14-9(3)7-10(4)17(12)16-13/h7,11H,5-6,8H2,1-4H3. The van der Waals surface area contributed by atoms with Crippen molar-refractivity contribution < 1.29 is 9.47 Å².